The Hall–Kier alpha value is -2.56. The first-order valence-electron chi connectivity index (χ1n) is 6.50. The number of hydrogen-bond acceptors (Lipinski definition) is 4. The van der Waals surface area contributed by atoms with Gasteiger partial charge in [0, 0.05) is 17.9 Å². The smallest absolute Gasteiger partial charge is 0.231 e. The number of nitrogens with zero attached hydrogens (tertiary/aromatic N) is 3. The molecule has 2 heterocycles. The minimum atomic E-state index is 0.340. The van der Waals surface area contributed by atoms with Gasteiger partial charge < -0.3 is 15.0 Å². The number of rotatable bonds is 3. The normalized spacial score (nSPS) is 11.2. The average Bonchev–Trinajstić information content (AvgIpc) is 2.86. The van der Waals surface area contributed by atoms with Crippen LogP contribution in [0.1, 0.15) is 19.9 Å². The van der Waals surface area contributed by atoms with E-state index in [1.54, 1.807) is 12.1 Å². The van der Waals surface area contributed by atoms with Gasteiger partial charge in [-0.25, -0.2) is 9.97 Å². The second-order valence-corrected chi connectivity index (χ2v) is 4.90. The number of aromatic nitrogens is 3. The van der Waals surface area contributed by atoms with E-state index in [0.29, 0.717) is 23.4 Å². The van der Waals surface area contributed by atoms with Gasteiger partial charge in [-0.3, -0.25) is 0 Å². The van der Waals surface area contributed by atoms with Gasteiger partial charge in [-0.15, -0.1) is 0 Å². The fourth-order valence-corrected chi connectivity index (χ4v) is 2.09. The van der Waals surface area contributed by atoms with Crippen LogP contribution in [0, 0.1) is 0 Å². The van der Waals surface area contributed by atoms with Gasteiger partial charge in [0.1, 0.15) is 17.7 Å². The lowest BCUT2D eigenvalue weighted by atomic mass is 10.3. The van der Waals surface area contributed by atoms with E-state index in [1.165, 1.54) is 6.33 Å². The first-order chi connectivity index (χ1) is 9.65. The highest BCUT2D eigenvalue weighted by Gasteiger charge is 2.11. The summed E-state index contributed by atoms with van der Waals surface area (Å²) >= 11 is 0. The molecular formula is C15H16N4O. The zero-order valence-corrected chi connectivity index (χ0v) is 11.4. The Balaban J connectivity index is 2.01. The monoisotopic (exact) mass is 268 g/mol. The number of nitrogens with two attached hydrogens (primary N) is 1. The van der Waals surface area contributed by atoms with Crippen LogP contribution in [0.25, 0.3) is 11.0 Å². The Kier molecular flexibility index (Phi) is 3.02. The van der Waals surface area contributed by atoms with Crippen LogP contribution < -0.4 is 10.5 Å². The summed E-state index contributed by atoms with van der Waals surface area (Å²) in [4.78, 5) is 8.55. The second-order valence-electron chi connectivity index (χ2n) is 4.90. The fourth-order valence-electron chi connectivity index (χ4n) is 2.09. The van der Waals surface area contributed by atoms with Crippen molar-refractivity contribution in [2.45, 2.75) is 19.9 Å². The average molecular weight is 268 g/mol. The number of anilines is 1. The molecule has 20 heavy (non-hydrogen) atoms. The van der Waals surface area contributed by atoms with Crippen LogP contribution in [0.4, 0.5) is 5.69 Å². The molecule has 0 saturated heterocycles. The summed E-state index contributed by atoms with van der Waals surface area (Å²) < 4.78 is 7.91. The molecule has 3 rings (SSSR count). The summed E-state index contributed by atoms with van der Waals surface area (Å²) in [7, 11) is 0. The Labute approximate surface area is 117 Å². The standard InChI is InChI=1S/C15H16N4O/c1-10(2)19-8-7-13-14(19)17-9-18-15(13)20-12-5-3-11(16)4-6-12/h3-10H,16H2,1-2H3. The van der Waals surface area contributed by atoms with Crippen molar-refractivity contribution in [2.24, 2.45) is 0 Å². The Morgan fingerprint density at radius 1 is 1.10 bits per heavy atom. The zero-order valence-electron chi connectivity index (χ0n) is 11.4. The molecule has 2 N–H and O–H groups in total. The van der Waals surface area contributed by atoms with Crippen LogP contribution >= 0.6 is 0 Å². The van der Waals surface area contributed by atoms with Crippen molar-refractivity contribution in [1.29, 1.82) is 0 Å². The predicted molar refractivity (Wildman–Crippen MR) is 78.8 cm³/mol. The molecule has 0 bridgehead atoms. The molecule has 0 spiro atoms. The molecule has 5 heteroatoms. The quantitative estimate of drug-likeness (QED) is 0.739. The summed E-state index contributed by atoms with van der Waals surface area (Å²) in [5.41, 5.74) is 7.24. The number of fused-ring (bicyclic) bond motifs is 1. The van der Waals surface area contributed by atoms with Gasteiger partial charge in [-0.2, -0.15) is 0 Å². The van der Waals surface area contributed by atoms with E-state index < -0.39 is 0 Å². The van der Waals surface area contributed by atoms with E-state index in [2.05, 4.69) is 28.4 Å². The van der Waals surface area contributed by atoms with Crippen LogP contribution in [0.2, 0.25) is 0 Å². The van der Waals surface area contributed by atoms with E-state index in [4.69, 9.17) is 10.5 Å². The highest BCUT2D eigenvalue weighted by molar-refractivity contribution is 5.81. The molecule has 0 radical (unpaired) electrons. The van der Waals surface area contributed by atoms with Crippen LogP contribution in [-0.2, 0) is 0 Å². The van der Waals surface area contributed by atoms with Gasteiger partial charge >= 0.3 is 0 Å². The van der Waals surface area contributed by atoms with Gasteiger partial charge in [0.2, 0.25) is 5.88 Å². The Morgan fingerprint density at radius 3 is 2.55 bits per heavy atom. The maximum Gasteiger partial charge on any atom is 0.231 e. The zero-order chi connectivity index (χ0) is 14.1. The van der Waals surface area contributed by atoms with Gasteiger partial charge in [-0.1, -0.05) is 0 Å². The van der Waals surface area contributed by atoms with Crippen molar-refractivity contribution in [2.75, 3.05) is 5.73 Å². The molecule has 3 aromatic rings. The highest BCUT2D eigenvalue weighted by Crippen LogP contribution is 2.28. The van der Waals surface area contributed by atoms with Gasteiger partial charge in [0.15, 0.2) is 0 Å². The fraction of sp³-hybridized carbons (Fsp3) is 0.200. The topological polar surface area (TPSA) is 66.0 Å². The largest absolute Gasteiger partial charge is 0.438 e. The lowest BCUT2D eigenvalue weighted by molar-refractivity contribution is 0.468. The second kappa shape index (κ2) is 4.85. The van der Waals surface area contributed by atoms with Gasteiger partial charge in [0.05, 0.1) is 5.39 Å². The van der Waals surface area contributed by atoms with Crippen molar-refractivity contribution >= 4 is 16.7 Å². The molecule has 0 amide bonds. The Bertz CT molecular complexity index is 731. The number of nitrogen functional groups attached to an aromatic ring is 1. The van der Waals surface area contributed by atoms with E-state index >= 15 is 0 Å². The Morgan fingerprint density at radius 2 is 1.85 bits per heavy atom. The highest BCUT2D eigenvalue weighted by atomic mass is 16.5. The van der Waals surface area contributed by atoms with Gasteiger partial charge in [0.25, 0.3) is 0 Å². The number of hydrogen-bond donors (Lipinski definition) is 1. The third-order valence-corrected chi connectivity index (χ3v) is 3.12. The summed E-state index contributed by atoms with van der Waals surface area (Å²) in [6, 6.07) is 9.56. The minimum absolute atomic E-state index is 0.340. The third kappa shape index (κ3) is 2.18. The lowest BCUT2D eigenvalue weighted by Gasteiger charge is -2.09. The first kappa shape index (κ1) is 12.5. The molecule has 0 aliphatic carbocycles. The molecule has 2 aromatic heterocycles. The van der Waals surface area contributed by atoms with Crippen LogP contribution in [-0.4, -0.2) is 14.5 Å². The molecule has 0 unspecified atom stereocenters. The molecule has 1 aromatic carbocycles. The molecule has 102 valence electrons. The van der Waals surface area contributed by atoms with Crippen molar-refractivity contribution in [1.82, 2.24) is 14.5 Å². The molecule has 0 atom stereocenters. The number of benzene rings is 1. The van der Waals surface area contributed by atoms with E-state index in [1.807, 2.05) is 24.4 Å². The van der Waals surface area contributed by atoms with Crippen molar-refractivity contribution in [3.8, 4) is 11.6 Å². The van der Waals surface area contributed by atoms with Gasteiger partial charge in [-0.05, 0) is 44.2 Å². The molecule has 0 saturated carbocycles. The molecule has 5 nitrogen and oxygen atoms in total. The summed E-state index contributed by atoms with van der Waals surface area (Å²) in [6.45, 7) is 4.23. The van der Waals surface area contributed by atoms with Crippen molar-refractivity contribution in [3.05, 3.63) is 42.9 Å². The van der Waals surface area contributed by atoms with E-state index in [-0.39, 0.29) is 0 Å². The van der Waals surface area contributed by atoms with Crippen molar-refractivity contribution in [3.63, 3.8) is 0 Å². The summed E-state index contributed by atoms with van der Waals surface area (Å²) in [6.07, 6.45) is 3.52. The van der Waals surface area contributed by atoms with Crippen LogP contribution in [0.3, 0.4) is 0 Å². The summed E-state index contributed by atoms with van der Waals surface area (Å²) in [5.74, 6) is 1.26. The minimum Gasteiger partial charge on any atom is -0.438 e. The molecule has 0 aliphatic heterocycles. The lowest BCUT2D eigenvalue weighted by Crippen LogP contribution is -2.00. The van der Waals surface area contributed by atoms with E-state index in [9.17, 15) is 0 Å². The molecule has 0 fully saturated rings. The SMILES string of the molecule is CC(C)n1ccc2c(Oc3ccc(N)cc3)ncnc21. The van der Waals surface area contributed by atoms with Crippen molar-refractivity contribution < 1.29 is 4.74 Å². The van der Waals surface area contributed by atoms with Crippen LogP contribution in [0.5, 0.6) is 11.6 Å². The molecule has 0 aliphatic rings. The predicted octanol–water partition coefficient (Wildman–Crippen LogP) is 3.39. The van der Waals surface area contributed by atoms with Crippen LogP contribution in [0.15, 0.2) is 42.9 Å². The third-order valence-electron chi connectivity index (χ3n) is 3.12. The first-order valence-corrected chi connectivity index (χ1v) is 6.50. The molecular weight excluding hydrogens is 252 g/mol. The maximum atomic E-state index is 5.82. The van der Waals surface area contributed by atoms with E-state index in [0.717, 1.165) is 11.0 Å². The summed E-state index contributed by atoms with van der Waals surface area (Å²) in [5, 5.41) is 0.901. The maximum absolute atomic E-state index is 5.82. The number of ether oxygens (including phenoxy) is 1.